The van der Waals surface area contributed by atoms with Gasteiger partial charge in [0.1, 0.15) is 0 Å². The molecule has 2 saturated heterocycles. The van der Waals surface area contributed by atoms with Crippen LogP contribution in [0.25, 0.3) is 0 Å². The lowest BCUT2D eigenvalue weighted by atomic mass is 10.1. The van der Waals surface area contributed by atoms with Gasteiger partial charge >= 0.3 is 0 Å². The molecule has 5 heteroatoms. The summed E-state index contributed by atoms with van der Waals surface area (Å²) in [6.45, 7) is 5.04. The Morgan fingerprint density at radius 2 is 1.91 bits per heavy atom. The maximum Gasteiger partial charge on any atom is 0.228 e. The summed E-state index contributed by atoms with van der Waals surface area (Å²) in [7, 11) is 0. The molecule has 0 spiro atoms. The fourth-order valence-electron chi connectivity index (χ4n) is 3.08. The molecule has 2 heterocycles. The molecule has 5 nitrogen and oxygen atoms in total. The maximum atomic E-state index is 12.5. The van der Waals surface area contributed by atoms with Crippen LogP contribution >= 0.6 is 0 Å². The van der Waals surface area contributed by atoms with Crippen LogP contribution in [0.15, 0.2) is 24.3 Å². The molecule has 2 amide bonds. The fraction of sp³-hybridized carbons (Fsp3) is 0.529. The minimum atomic E-state index is -0.226. The van der Waals surface area contributed by atoms with Crippen LogP contribution in [-0.2, 0) is 20.7 Å². The molecule has 0 saturated carbocycles. The van der Waals surface area contributed by atoms with Crippen molar-refractivity contribution >= 4 is 17.5 Å². The van der Waals surface area contributed by atoms with Crippen molar-refractivity contribution in [2.75, 3.05) is 37.7 Å². The zero-order valence-corrected chi connectivity index (χ0v) is 13.0. The maximum absolute atomic E-state index is 12.5. The van der Waals surface area contributed by atoms with Gasteiger partial charge in [-0.3, -0.25) is 9.59 Å². The molecule has 1 aromatic carbocycles. The molecule has 118 valence electrons. The van der Waals surface area contributed by atoms with Gasteiger partial charge in [-0.05, 0) is 24.1 Å². The van der Waals surface area contributed by atoms with E-state index in [9.17, 15) is 9.59 Å². The Morgan fingerprint density at radius 3 is 2.55 bits per heavy atom. The van der Waals surface area contributed by atoms with Gasteiger partial charge in [-0.2, -0.15) is 0 Å². The summed E-state index contributed by atoms with van der Waals surface area (Å²) in [5.74, 6) is -0.100. The molecule has 2 aliphatic heterocycles. The second kappa shape index (κ2) is 6.48. The van der Waals surface area contributed by atoms with Crippen molar-refractivity contribution in [3.05, 3.63) is 29.8 Å². The number of hydrogen-bond acceptors (Lipinski definition) is 3. The van der Waals surface area contributed by atoms with Crippen LogP contribution in [0.2, 0.25) is 0 Å². The summed E-state index contributed by atoms with van der Waals surface area (Å²) in [6, 6.07) is 8.02. The van der Waals surface area contributed by atoms with Gasteiger partial charge < -0.3 is 14.5 Å². The molecular formula is C17H22N2O3. The minimum absolute atomic E-state index is 0.0378. The molecule has 0 N–H and O–H groups in total. The van der Waals surface area contributed by atoms with E-state index >= 15 is 0 Å². The highest BCUT2D eigenvalue weighted by Gasteiger charge is 2.37. The molecular weight excluding hydrogens is 280 g/mol. The van der Waals surface area contributed by atoms with Crippen LogP contribution in [0.4, 0.5) is 5.69 Å². The molecule has 2 fully saturated rings. The first kappa shape index (κ1) is 15.0. The van der Waals surface area contributed by atoms with E-state index in [-0.39, 0.29) is 17.7 Å². The van der Waals surface area contributed by atoms with Crippen LogP contribution in [-0.4, -0.2) is 49.6 Å². The van der Waals surface area contributed by atoms with E-state index in [0.717, 1.165) is 12.1 Å². The molecule has 1 aromatic rings. The van der Waals surface area contributed by atoms with Crippen LogP contribution in [0.5, 0.6) is 0 Å². The predicted octanol–water partition coefficient (Wildman–Crippen LogP) is 1.46. The van der Waals surface area contributed by atoms with Crippen molar-refractivity contribution in [1.29, 1.82) is 0 Å². The summed E-state index contributed by atoms with van der Waals surface area (Å²) in [6.07, 6.45) is 1.29. The fourth-order valence-corrected chi connectivity index (χ4v) is 3.08. The summed E-state index contributed by atoms with van der Waals surface area (Å²) in [4.78, 5) is 28.3. The number of carbonyl (C=O) groups is 2. The number of anilines is 1. The molecule has 2 aliphatic rings. The van der Waals surface area contributed by atoms with Gasteiger partial charge in [-0.15, -0.1) is 0 Å². The van der Waals surface area contributed by atoms with Gasteiger partial charge in [0.2, 0.25) is 11.8 Å². The average molecular weight is 302 g/mol. The first-order chi connectivity index (χ1) is 10.7. The van der Waals surface area contributed by atoms with Crippen molar-refractivity contribution in [1.82, 2.24) is 4.90 Å². The standard InChI is InChI=1S/C17H22N2O3/c1-2-13-3-5-15(6-4-13)19-12-14(11-16(19)20)17(21)18-7-9-22-10-8-18/h3-6,14H,2,7-12H2,1H3. The van der Waals surface area contributed by atoms with Crippen molar-refractivity contribution in [3.63, 3.8) is 0 Å². The average Bonchev–Trinajstić information content (AvgIpc) is 2.97. The molecule has 0 aliphatic carbocycles. The van der Waals surface area contributed by atoms with Gasteiger partial charge in [0.15, 0.2) is 0 Å². The van der Waals surface area contributed by atoms with Crippen LogP contribution in [0, 0.1) is 5.92 Å². The Bertz CT molecular complexity index is 550. The topological polar surface area (TPSA) is 49.9 Å². The van der Waals surface area contributed by atoms with E-state index in [1.807, 2.05) is 29.2 Å². The summed E-state index contributed by atoms with van der Waals surface area (Å²) in [5.41, 5.74) is 2.14. The Hall–Kier alpha value is -1.88. The van der Waals surface area contributed by atoms with Gasteiger partial charge in [-0.1, -0.05) is 19.1 Å². The van der Waals surface area contributed by atoms with E-state index in [1.54, 1.807) is 4.90 Å². The van der Waals surface area contributed by atoms with Gasteiger partial charge in [0.05, 0.1) is 19.1 Å². The van der Waals surface area contributed by atoms with E-state index in [4.69, 9.17) is 4.74 Å². The molecule has 1 unspecified atom stereocenters. The third-order valence-corrected chi connectivity index (χ3v) is 4.45. The van der Waals surface area contributed by atoms with E-state index < -0.39 is 0 Å². The Labute approximate surface area is 130 Å². The number of ether oxygens (including phenoxy) is 1. The number of hydrogen-bond donors (Lipinski definition) is 0. The number of benzene rings is 1. The second-order valence-corrected chi connectivity index (χ2v) is 5.86. The number of morpholine rings is 1. The third kappa shape index (κ3) is 2.99. The normalized spacial score (nSPS) is 22.2. The van der Waals surface area contributed by atoms with Gasteiger partial charge in [0, 0.05) is 31.7 Å². The predicted molar refractivity (Wildman–Crippen MR) is 83.7 cm³/mol. The number of amides is 2. The van der Waals surface area contributed by atoms with Crippen molar-refractivity contribution in [2.45, 2.75) is 19.8 Å². The van der Waals surface area contributed by atoms with E-state index in [2.05, 4.69) is 6.92 Å². The number of nitrogens with zero attached hydrogens (tertiary/aromatic N) is 2. The van der Waals surface area contributed by atoms with E-state index in [0.29, 0.717) is 39.3 Å². The Balaban J connectivity index is 1.68. The lowest BCUT2D eigenvalue weighted by Gasteiger charge is -2.29. The second-order valence-electron chi connectivity index (χ2n) is 5.86. The Kier molecular flexibility index (Phi) is 4.43. The highest BCUT2D eigenvalue weighted by atomic mass is 16.5. The highest BCUT2D eigenvalue weighted by molar-refractivity contribution is 6.00. The molecule has 0 radical (unpaired) electrons. The smallest absolute Gasteiger partial charge is 0.228 e. The summed E-state index contributed by atoms with van der Waals surface area (Å²) >= 11 is 0. The summed E-state index contributed by atoms with van der Waals surface area (Å²) < 4.78 is 5.27. The molecule has 0 bridgehead atoms. The zero-order chi connectivity index (χ0) is 15.5. The van der Waals surface area contributed by atoms with Crippen LogP contribution in [0.1, 0.15) is 18.9 Å². The number of rotatable bonds is 3. The third-order valence-electron chi connectivity index (χ3n) is 4.45. The largest absolute Gasteiger partial charge is 0.378 e. The molecule has 22 heavy (non-hydrogen) atoms. The number of aryl methyl sites for hydroxylation is 1. The monoisotopic (exact) mass is 302 g/mol. The lowest BCUT2D eigenvalue weighted by Crippen LogP contribution is -2.44. The van der Waals surface area contributed by atoms with Crippen LogP contribution in [0.3, 0.4) is 0 Å². The first-order valence-electron chi connectivity index (χ1n) is 7.95. The quantitative estimate of drug-likeness (QED) is 0.849. The first-order valence-corrected chi connectivity index (χ1v) is 7.95. The highest BCUT2D eigenvalue weighted by Crippen LogP contribution is 2.27. The lowest BCUT2D eigenvalue weighted by molar-refractivity contribution is -0.139. The molecule has 3 rings (SSSR count). The van der Waals surface area contributed by atoms with Crippen LogP contribution < -0.4 is 4.90 Å². The van der Waals surface area contributed by atoms with Crippen molar-refractivity contribution in [3.8, 4) is 0 Å². The molecule has 1 atom stereocenters. The minimum Gasteiger partial charge on any atom is -0.378 e. The van der Waals surface area contributed by atoms with E-state index in [1.165, 1.54) is 5.56 Å². The number of carbonyl (C=O) groups excluding carboxylic acids is 2. The van der Waals surface area contributed by atoms with Gasteiger partial charge in [0.25, 0.3) is 0 Å². The zero-order valence-electron chi connectivity index (χ0n) is 13.0. The van der Waals surface area contributed by atoms with Gasteiger partial charge in [-0.25, -0.2) is 0 Å². The summed E-state index contributed by atoms with van der Waals surface area (Å²) in [5, 5.41) is 0. The SMILES string of the molecule is CCc1ccc(N2CC(C(=O)N3CCOCC3)CC2=O)cc1. The Morgan fingerprint density at radius 1 is 1.23 bits per heavy atom. The van der Waals surface area contributed by atoms with Crippen molar-refractivity contribution in [2.24, 2.45) is 5.92 Å². The van der Waals surface area contributed by atoms with Crippen molar-refractivity contribution < 1.29 is 14.3 Å². The molecule has 0 aromatic heterocycles.